The van der Waals surface area contributed by atoms with Gasteiger partial charge < -0.3 is 10.0 Å². The third-order valence-corrected chi connectivity index (χ3v) is 2.71. The first-order valence-corrected chi connectivity index (χ1v) is 5.50. The average molecular weight is 212 g/mol. The molecule has 1 fully saturated rings. The molecule has 0 aromatic carbocycles. The molecule has 1 rings (SSSR count). The number of allylic oxidation sites excluding steroid dienone is 1. The molecule has 4 heteroatoms. The summed E-state index contributed by atoms with van der Waals surface area (Å²) in [5, 5.41) is 8.57. The summed E-state index contributed by atoms with van der Waals surface area (Å²) >= 11 is 0. The summed E-state index contributed by atoms with van der Waals surface area (Å²) in [7, 11) is 0. The lowest BCUT2D eigenvalue weighted by molar-refractivity contribution is -0.137. The van der Waals surface area contributed by atoms with E-state index in [2.05, 4.69) is 22.0 Å². The van der Waals surface area contributed by atoms with Crippen LogP contribution in [0.3, 0.4) is 0 Å². The van der Waals surface area contributed by atoms with Crippen molar-refractivity contribution >= 4 is 5.97 Å². The second kappa shape index (κ2) is 6.58. The topological polar surface area (TPSA) is 43.8 Å². The fraction of sp³-hybridized carbons (Fsp3) is 0.727. The highest BCUT2D eigenvalue weighted by atomic mass is 16.4. The summed E-state index contributed by atoms with van der Waals surface area (Å²) in [6.45, 7) is 7.81. The Hall–Kier alpha value is -0.870. The van der Waals surface area contributed by atoms with Gasteiger partial charge in [-0.15, -0.1) is 0 Å². The van der Waals surface area contributed by atoms with E-state index in [1.807, 2.05) is 6.92 Å². The van der Waals surface area contributed by atoms with Crippen molar-refractivity contribution in [3.05, 3.63) is 12.2 Å². The molecular weight excluding hydrogens is 192 g/mol. The maximum absolute atomic E-state index is 10.4. The third kappa shape index (κ3) is 4.95. The minimum Gasteiger partial charge on any atom is -0.481 e. The maximum Gasteiger partial charge on any atom is 0.304 e. The molecule has 0 radical (unpaired) electrons. The van der Waals surface area contributed by atoms with Crippen LogP contribution in [0, 0.1) is 0 Å². The number of nitrogens with zero attached hydrogens (tertiary/aromatic N) is 2. The molecule has 1 aliphatic rings. The lowest BCUT2D eigenvalue weighted by Gasteiger charge is -2.33. The van der Waals surface area contributed by atoms with Crippen molar-refractivity contribution in [3.63, 3.8) is 0 Å². The maximum atomic E-state index is 10.4. The van der Waals surface area contributed by atoms with Crippen molar-refractivity contribution in [1.82, 2.24) is 9.80 Å². The van der Waals surface area contributed by atoms with E-state index in [0.29, 0.717) is 6.54 Å². The van der Waals surface area contributed by atoms with Gasteiger partial charge in [-0.2, -0.15) is 0 Å². The van der Waals surface area contributed by atoms with Crippen molar-refractivity contribution in [3.8, 4) is 0 Å². The van der Waals surface area contributed by atoms with E-state index in [0.717, 1.165) is 32.7 Å². The van der Waals surface area contributed by atoms with Crippen LogP contribution in [-0.4, -0.2) is 60.1 Å². The second-order valence-corrected chi connectivity index (χ2v) is 3.86. The fourth-order valence-corrected chi connectivity index (χ4v) is 1.70. The Kier molecular flexibility index (Phi) is 5.36. The van der Waals surface area contributed by atoms with Gasteiger partial charge in [-0.3, -0.25) is 9.69 Å². The fourth-order valence-electron chi connectivity index (χ4n) is 1.70. The van der Waals surface area contributed by atoms with Crippen molar-refractivity contribution in [2.75, 3.05) is 39.3 Å². The molecule has 0 saturated carbocycles. The molecular formula is C11H20N2O2. The summed E-state index contributed by atoms with van der Waals surface area (Å²) in [6.07, 6.45) is 4.48. The van der Waals surface area contributed by atoms with Crippen LogP contribution in [0.25, 0.3) is 0 Å². The van der Waals surface area contributed by atoms with Gasteiger partial charge in [0.2, 0.25) is 0 Å². The third-order valence-electron chi connectivity index (χ3n) is 2.71. The Balaban J connectivity index is 2.15. The van der Waals surface area contributed by atoms with Gasteiger partial charge in [-0.25, -0.2) is 0 Å². The zero-order valence-corrected chi connectivity index (χ0v) is 9.35. The highest BCUT2D eigenvalue weighted by Crippen LogP contribution is 2.02. The zero-order valence-electron chi connectivity index (χ0n) is 9.35. The number of hydrogen-bond donors (Lipinski definition) is 1. The number of carbonyl (C=O) groups is 1. The molecule has 0 aliphatic carbocycles. The quantitative estimate of drug-likeness (QED) is 0.680. The minimum absolute atomic E-state index is 0.259. The van der Waals surface area contributed by atoms with Crippen LogP contribution in [0.15, 0.2) is 12.2 Å². The van der Waals surface area contributed by atoms with Crippen LogP contribution in [0.4, 0.5) is 0 Å². The van der Waals surface area contributed by atoms with Crippen LogP contribution < -0.4 is 0 Å². The number of carboxylic acid groups (broad SMARTS) is 1. The Bertz CT molecular complexity index is 221. The average Bonchev–Trinajstić information content (AvgIpc) is 2.25. The van der Waals surface area contributed by atoms with Crippen molar-refractivity contribution in [2.24, 2.45) is 0 Å². The smallest absolute Gasteiger partial charge is 0.304 e. The van der Waals surface area contributed by atoms with Crippen LogP contribution >= 0.6 is 0 Å². The molecule has 0 unspecified atom stereocenters. The lowest BCUT2D eigenvalue weighted by Crippen LogP contribution is -2.46. The number of piperazine rings is 1. The first-order valence-electron chi connectivity index (χ1n) is 5.50. The molecule has 1 heterocycles. The summed E-state index contributed by atoms with van der Waals surface area (Å²) in [5.74, 6) is -0.702. The molecule has 0 atom stereocenters. The van der Waals surface area contributed by atoms with Crippen molar-refractivity contribution in [2.45, 2.75) is 13.3 Å². The molecule has 0 bridgehead atoms. The molecule has 0 amide bonds. The monoisotopic (exact) mass is 212 g/mol. The van der Waals surface area contributed by atoms with Gasteiger partial charge >= 0.3 is 5.97 Å². The van der Waals surface area contributed by atoms with E-state index in [9.17, 15) is 4.79 Å². The van der Waals surface area contributed by atoms with Crippen LogP contribution in [0.1, 0.15) is 13.3 Å². The Morgan fingerprint density at radius 2 is 1.87 bits per heavy atom. The predicted octanol–water partition coefficient (Wildman–Crippen LogP) is 0.655. The van der Waals surface area contributed by atoms with Gasteiger partial charge in [-0.05, 0) is 6.92 Å². The highest BCUT2D eigenvalue weighted by molar-refractivity contribution is 5.66. The summed E-state index contributed by atoms with van der Waals surface area (Å²) in [6, 6.07) is 0. The number of rotatable bonds is 5. The van der Waals surface area contributed by atoms with Crippen LogP contribution in [0.2, 0.25) is 0 Å². The Labute approximate surface area is 91.2 Å². The van der Waals surface area contributed by atoms with Crippen LogP contribution in [0.5, 0.6) is 0 Å². The molecule has 4 nitrogen and oxygen atoms in total. The second-order valence-electron chi connectivity index (χ2n) is 3.86. The summed E-state index contributed by atoms with van der Waals surface area (Å²) < 4.78 is 0. The molecule has 1 saturated heterocycles. The molecule has 15 heavy (non-hydrogen) atoms. The largest absolute Gasteiger partial charge is 0.481 e. The number of hydrogen-bond acceptors (Lipinski definition) is 3. The highest BCUT2D eigenvalue weighted by Gasteiger charge is 2.15. The van der Waals surface area contributed by atoms with Gasteiger partial charge in [0.05, 0.1) is 6.42 Å². The van der Waals surface area contributed by atoms with Crippen LogP contribution in [-0.2, 0) is 4.79 Å². The Morgan fingerprint density at radius 1 is 1.27 bits per heavy atom. The lowest BCUT2D eigenvalue weighted by atomic mass is 10.3. The molecule has 1 N–H and O–H groups in total. The summed E-state index contributed by atoms with van der Waals surface area (Å²) in [5.41, 5.74) is 0. The van der Waals surface area contributed by atoms with Gasteiger partial charge in [0, 0.05) is 39.3 Å². The van der Waals surface area contributed by atoms with E-state index in [4.69, 9.17) is 5.11 Å². The van der Waals surface area contributed by atoms with E-state index < -0.39 is 5.97 Å². The molecule has 0 aromatic rings. The molecule has 1 aliphatic heterocycles. The normalized spacial score (nSPS) is 19.8. The summed E-state index contributed by atoms with van der Waals surface area (Å²) in [4.78, 5) is 15.0. The van der Waals surface area contributed by atoms with E-state index in [1.165, 1.54) is 0 Å². The van der Waals surface area contributed by atoms with Gasteiger partial charge in [0.1, 0.15) is 0 Å². The molecule has 86 valence electrons. The van der Waals surface area contributed by atoms with Crippen molar-refractivity contribution in [1.29, 1.82) is 0 Å². The van der Waals surface area contributed by atoms with E-state index in [-0.39, 0.29) is 6.42 Å². The van der Waals surface area contributed by atoms with Gasteiger partial charge in [-0.1, -0.05) is 12.2 Å². The Morgan fingerprint density at radius 3 is 2.40 bits per heavy atom. The van der Waals surface area contributed by atoms with Crippen molar-refractivity contribution < 1.29 is 9.90 Å². The van der Waals surface area contributed by atoms with E-state index >= 15 is 0 Å². The van der Waals surface area contributed by atoms with E-state index in [1.54, 1.807) is 0 Å². The minimum atomic E-state index is -0.702. The standard InChI is InChI=1S/C11H20N2O2/c1-2-3-5-12-7-9-13(10-8-12)6-4-11(14)15/h2-3H,4-10H2,1H3,(H,14,15)/b3-2+. The number of aliphatic carboxylic acids is 1. The predicted molar refractivity (Wildman–Crippen MR) is 59.9 cm³/mol. The zero-order chi connectivity index (χ0) is 11.1. The van der Waals surface area contributed by atoms with Gasteiger partial charge in [0.25, 0.3) is 0 Å². The number of carboxylic acids is 1. The van der Waals surface area contributed by atoms with Gasteiger partial charge in [0.15, 0.2) is 0 Å². The first-order chi connectivity index (χ1) is 7.22. The SMILES string of the molecule is C/C=C/CN1CCN(CCC(=O)O)CC1. The first kappa shape index (κ1) is 12.2. The molecule has 0 spiro atoms. The molecule has 0 aromatic heterocycles.